The Kier molecular flexibility index (Phi) is 8.79. The summed E-state index contributed by atoms with van der Waals surface area (Å²) in [5.41, 5.74) is 2.21. The zero-order valence-corrected chi connectivity index (χ0v) is 25.0. The molecule has 3 aliphatic rings. The van der Waals surface area contributed by atoms with E-state index in [1.807, 2.05) is 12.1 Å². The molecule has 2 aromatic heterocycles. The SMILES string of the molecule is Cc1csc2nc(N3CC([C@H]4CCCN(C5CC(C)C5)C4)C3)nc(N[C@H](C)c3ccc(Cl)cc3Cl)c12.O=C=O. The molecule has 4 heterocycles. The lowest BCUT2D eigenvalue weighted by atomic mass is 9.76. The smallest absolute Gasteiger partial charge is 0.363 e. The number of halogens is 2. The molecule has 2 saturated heterocycles. The highest BCUT2D eigenvalue weighted by atomic mass is 35.5. The standard InChI is InChI=1S/C28H35Cl2N5S.CO2/c1-16-9-22(10-16)34-8-4-5-19(12-34)20-13-35(14-20)28-32-26(25-17(2)15-36-27(25)33-28)31-18(3)23-7-6-21(29)11-24(23)30;2-1-3/h6-7,11,15-16,18-20,22H,4-5,8-10,12-14H2,1-3H3,(H,31,32,33);/t16?,18-,19+,22?;/m1./s1. The quantitative estimate of drug-likeness (QED) is 0.338. The van der Waals surface area contributed by atoms with Crippen molar-refractivity contribution in [3.8, 4) is 0 Å². The maximum atomic E-state index is 8.12. The van der Waals surface area contributed by atoms with Crippen LogP contribution < -0.4 is 10.2 Å². The lowest BCUT2D eigenvalue weighted by Gasteiger charge is -2.50. The van der Waals surface area contributed by atoms with Crippen molar-refractivity contribution in [3.63, 3.8) is 0 Å². The first-order chi connectivity index (χ1) is 18.8. The van der Waals surface area contributed by atoms with Crippen LogP contribution in [0.2, 0.25) is 10.0 Å². The van der Waals surface area contributed by atoms with Crippen LogP contribution in [0.3, 0.4) is 0 Å². The average Bonchev–Trinajstić information content (AvgIpc) is 3.22. The first-order valence-electron chi connectivity index (χ1n) is 13.7. The van der Waals surface area contributed by atoms with Crippen LogP contribution in [-0.2, 0) is 9.59 Å². The zero-order chi connectivity index (χ0) is 27.7. The molecule has 2 atom stereocenters. The Morgan fingerprint density at radius 2 is 1.87 bits per heavy atom. The van der Waals surface area contributed by atoms with Gasteiger partial charge in [0.2, 0.25) is 5.95 Å². The molecule has 10 heteroatoms. The molecule has 0 bridgehead atoms. The van der Waals surface area contributed by atoms with E-state index in [-0.39, 0.29) is 12.2 Å². The Morgan fingerprint density at radius 3 is 2.56 bits per heavy atom. The maximum Gasteiger partial charge on any atom is 0.373 e. The van der Waals surface area contributed by atoms with Gasteiger partial charge in [-0.3, -0.25) is 0 Å². The van der Waals surface area contributed by atoms with E-state index < -0.39 is 0 Å². The summed E-state index contributed by atoms with van der Waals surface area (Å²) in [7, 11) is 0. The Bertz CT molecular complexity index is 1350. The van der Waals surface area contributed by atoms with E-state index in [9.17, 15) is 0 Å². The molecule has 1 saturated carbocycles. The predicted octanol–water partition coefficient (Wildman–Crippen LogP) is 6.84. The Morgan fingerprint density at radius 1 is 1.13 bits per heavy atom. The Labute approximate surface area is 243 Å². The number of aryl methyl sites for hydroxylation is 1. The van der Waals surface area contributed by atoms with Gasteiger partial charge >= 0.3 is 6.15 Å². The second kappa shape index (κ2) is 12.1. The van der Waals surface area contributed by atoms with Crippen molar-refractivity contribution >= 4 is 62.7 Å². The van der Waals surface area contributed by atoms with Gasteiger partial charge in [0.05, 0.1) is 11.4 Å². The Hall–Kier alpha value is -2.22. The predicted molar refractivity (Wildman–Crippen MR) is 158 cm³/mol. The minimum Gasteiger partial charge on any atom is -0.363 e. The van der Waals surface area contributed by atoms with Gasteiger partial charge in [0.25, 0.3) is 0 Å². The van der Waals surface area contributed by atoms with E-state index in [0.29, 0.717) is 10.0 Å². The Balaban J connectivity index is 0.000000983. The molecule has 39 heavy (non-hydrogen) atoms. The third kappa shape index (κ3) is 6.10. The van der Waals surface area contributed by atoms with Gasteiger partial charge in [-0.2, -0.15) is 14.6 Å². The van der Waals surface area contributed by atoms with Crippen LogP contribution in [0.5, 0.6) is 0 Å². The van der Waals surface area contributed by atoms with Crippen LogP contribution in [0.25, 0.3) is 10.2 Å². The molecule has 0 amide bonds. The monoisotopic (exact) mass is 587 g/mol. The summed E-state index contributed by atoms with van der Waals surface area (Å²) in [4.78, 5) is 32.5. The van der Waals surface area contributed by atoms with Gasteiger partial charge in [-0.05, 0) is 92.5 Å². The van der Waals surface area contributed by atoms with Crippen molar-refractivity contribution < 1.29 is 9.59 Å². The molecule has 1 aromatic carbocycles. The summed E-state index contributed by atoms with van der Waals surface area (Å²) in [6, 6.07) is 6.50. The second-order valence-corrected chi connectivity index (χ2v) is 13.1. The number of carbonyl (C=O) groups excluding carboxylic acids is 2. The van der Waals surface area contributed by atoms with Gasteiger partial charge < -0.3 is 15.1 Å². The number of nitrogens with zero attached hydrogens (tertiary/aromatic N) is 4. The van der Waals surface area contributed by atoms with Crippen molar-refractivity contribution in [2.24, 2.45) is 17.8 Å². The number of rotatable bonds is 6. The van der Waals surface area contributed by atoms with Gasteiger partial charge in [0.1, 0.15) is 10.6 Å². The first-order valence-corrected chi connectivity index (χ1v) is 15.4. The van der Waals surface area contributed by atoms with Crippen LogP contribution in [0, 0.1) is 24.7 Å². The first kappa shape index (κ1) is 28.3. The summed E-state index contributed by atoms with van der Waals surface area (Å²) in [5.74, 6) is 4.21. The van der Waals surface area contributed by atoms with E-state index in [1.165, 1.54) is 44.3 Å². The fourth-order valence-electron chi connectivity index (χ4n) is 6.34. The number of fused-ring (bicyclic) bond motifs is 1. The lowest BCUT2D eigenvalue weighted by molar-refractivity contribution is -0.191. The highest BCUT2D eigenvalue weighted by molar-refractivity contribution is 7.17. The normalized spacial score (nSPS) is 24.2. The van der Waals surface area contributed by atoms with Crippen LogP contribution in [0.1, 0.15) is 56.7 Å². The third-order valence-corrected chi connectivity index (χ3v) is 10.2. The van der Waals surface area contributed by atoms with Crippen molar-refractivity contribution in [1.29, 1.82) is 0 Å². The molecule has 1 N–H and O–H groups in total. The topological polar surface area (TPSA) is 78.4 Å². The highest BCUT2D eigenvalue weighted by Gasteiger charge is 2.40. The number of aromatic nitrogens is 2. The summed E-state index contributed by atoms with van der Waals surface area (Å²) in [5, 5.41) is 8.23. The molecule has 0 radical (unpaired) electrons. The van der Waals surface area contributed by atoms with Crippen LogP contribution in [0.4, 0.5) is 11.8 Å². The van der Waals surface area contributed by atoms with Crippen molar-refractivity contribution in [3.05, 3.63) is 44.8 Å². The van der Waals surface area contributed by atoms with Gasteiger partial charge in [-0.25, -0.2) is 4.98 Å². The van der Waals surface area contributed by atoms with Crippen LogP contribution in [-0.4, -0.2) is 53.2 Å². The molecule has 0 spiro atoms. The summed E-state index contributed by atoms with van der Waals surface area (Å²) in [6.07, 6.45) is 5.76. The van der Waals surface area contributed by atoms with E-state index in [4.69, 9.17) is 42.8 Å². The second-order valence-electron chi connectivity index (χ2n) is 11.4. The minimum absolute atomic E-state index is 0.00778. The van der Waals surface area contributed by atoms with Gasteiger partial charge in [-0.1, -0.05) is 36.2 Å². The molecule has 2 aliphatic heterocycles. The molecule has 1 aliphatic carbocycles. The lowest BCUT2D eigenvalue weighted by Crippen LogP contribution is -2.56. The molecule has 208 valence electrons. The maximum absolute atomic E-state index is 8.12. The number of benzene rings is 1. The molecule has 3 fully saturated rings. The van der Waals surface area contributed by atoms with E-state index in [2.05, 4.69) is 41.3 Å². The largest absolute Gasteiger partial charge is 0.373 e. The zero-order valence-electron chi connectivity index (χ0n) is 22.6. The van der Waals surface area contributed by atoms with Gasteiger partial charge in [0.15, 0.2) is 0 Å². The summed E-state index contributed by atoms with van der Waals surface area (Å²) >= 11 is 14.3. The third-order valence-electron chi connectivity index (χ3n) is 8.60. The van der Waals surface area contributed by atoms with E-state index in [0.717, 1.165) is 64.4 Å². The number of hydrogen-bond donors (Lipinski definition) is 1. The molecule has 7 nitrogen and oxygen atoms in total. The number of hydrogen-bond acceptors (Lipinski definition) is 8. The van der Waals surface area contributed by atoms with Gasteiger partial charge in [0, 0.05) is 35.7 Å². The highest BCUT2D eigenvalue weighted by Crippen LogP contribution is 2.40. The molecule has 0 unspecified atom stereocenters. The van der Waals surface area contributed by atoms with Crippen molar-refractivity contribution in [2.45, 2.75) is 58.5 Å². The van der Waals surface area contributed by atoms with E-state index >= 15 is 0 Å². The number of thiophene rings is 1. The molecular weight excluding hydrogens is 553 g/mol. The number of anilines is 2. The fraction of sp³-hybridized carbons (Fsp3) is 0.552. The van der Waals surface area contributed by atoms with E-state index in [1.54, 1.807) is 17.4 Å². The van der Waals surface area contributed by atoms with Crippen molar-refractivity contribution in [1.82, 2.24) is 14.9 Å². The molecular formula is C29H35Cl2N5O2S. The number of likely N-dealkylation sites (tertiary alicyclic amines) is 1. The van der Waals surface area contributed by atoms with Crippen molar-refractivity contribution in [2.75, 3.05) is 36.4 Å². The molecule has 3 aromatic rings. The average molecular weight is 589 g/mol. The number of nitrogens with one attached hydrogen (secondary N) is 1. The fourth-order valence-corrected chi connectivity index (χ4v) is 7.83. The summed E-state index contributed by atoms with van der Waals surface area (Å²) in [6.45, 7) is 11.3. The van der Waals surface area contributed by atoms with Crippen LogP contribution in [0.15, 0.2) is 23.6 Å². The minimum atomic E-state index is -0.00778. The molecule has 6 rings (SSSR count). The van der Waals surface area contributed by atoms with Gasteiger partial charge in [-0.15, -0.1) is 11.3 Å². The summed E-state index contributed by atoms with van der Waals surface area (Å²) < 4.78 is 0. The number of piperidine rings is 1. The van der Waals surface area contributed by atoms with Crippen LogP contribution >= 0.6 is 34.5 Å².